The van der Waals surface area contributed by atoms with Crippen LogP contribution in [0.4, 0.5) is 4.39 Å². The Kier molecular flexibility index (Phi) is 5.76. The zero-order valence-corrected chi connectivity index (χ0v) is 16.7. The molecule has 0 radical (unpaired) electrons. The first-order valence-corrected chi connectivity index (χ1v) is 10.8. The zero-order valence-electron chi connectivity index (χ0n) is 15.9. The van der Waals surface area contributed by atoms with Crippen molar-refractivity contribution in [2.24, 2.45) is 5.92 Å². The van der Waals surface area contributed by atoms with Crippen molar-refractivity contribution in [2.75, 3.05) is 13.1 Å². The van der Waals surface area contributed by atoms with E-state index in [2.05, 4.69) is 5.32 Å². The predicted octanol–water partition coefficient (Wildman–Crippen LogP) is 3.93. The van der Waals surface area contributed by atoms with Crippen LogP contribution in [0.1, 0.15) is 51.4 Å². The highest BCUT2D eigenvalue weighted by Crippen LogP contribution is 2.33. The highest BCUT2D eigenvalue weighted by Gasteiger charge is 2.28. The molecule has 2 aromatic rings. The predicted molar refractivity (Wildman–Crippen MR) is 108 cm³/mol. The first-order chi connectivity index (χ1) is 13.6. The number of amides is 2. The van der Waals surface area contributed by atoms with Gasteiger partial charge in [0, 0.05) is 30.4 Å². The van der Waals surface area contributed by atoms with Crippen molar-refractivity contribution in [1.82, 2.24) is 10.2 Å². The van der Waals surface area contributed by atoms with Crippen LogP contribution in [-0.4, -0.2) is 29.8 Å². The van der Waals surface area contributed by atoms with Crippen molar-refractivity contribution >= 4 is 23.2 Å². The van der Waals surface area contributed by atoms with Crippen LogP contribution in [-0.2, 0) is 24.2 Å². The number of fused-ring (bicyclic) bond motifs is 1. The van der Waals surface area contributed by atoms with E-state index in [0.29, 0.717) is 13.0 Å². The number of hydrogen-bond donors (Lipinski definition) is 1. The van der Waals surface area contributed by atoms with Gasteiger partial charge in [0.1, 0.15) is 5.82 Å². The van der Waals surface area contributed by atoms with Crippen molar-refractivity contribution < 1.29 is 14.0 Å². The normalized spacial score (nSPS) is 19.2. The third-order valence-corrected chi connectivity index (χ3v) is 6.89. The number of halogens is 1. The lowest BCUT2D eigenvalue weighted by Crippen LogP contribution is -2.35. The molecule has 4 rings (SSSR count). The lowest BCUT2D eigenvalue weighted by atomic mass is 9.87. The van der Waals surface area contributed by atoms with E-state index in [9.17, 15) is 14.0 Å². The van der Waals surface area contributed by atoms with Crippen LogP contribution in [0.15, 0.2) is 30.3 Å². The number of piperidine rings is 1. The molecule has 1 aromatic carbocycles. The number of aryl methyl sites for hydroxylation is 1. The summed E-state index contributed by atoms with van der Waals surface area (Å²) in [6, 6.07) is 8.29. The average molecular weight is 401 g/mol. The molecule has 1 fully saturated rings. The maximum atomic E-state index is 13.3. The smallest absolute Gasteiger partial charge is 0.263 e. The van der Waals surface area contributed by atoms with Gasteiger partial charge >= 0.3 is 0 Å². The molecule has 0 bridgehead atoms. The second kappa shape index (κ2) is 8.43. The first kappa shape index (κ1) is 19.1. The molecule has 148 valence electrons. The molecule has 2 heterocycles. The molecule has 28 heavy (non-hydrogen) atoms. The van der Waals surface area contributed by atoms with Crippen molar-refractivity contribution in [1.29, 1.82) is 0 Å². The van der Waals surface area contributed by atoms with Gasteiger partial charge in [0.2, 0.25) is 5.91 Å². The van der Waals surface area contributed by atoms with Gasteiger partial charge in [0.15, 0.2) is 0 Å². The van der Waals surface area contributed by atoms with Gasteiger partial charge < -0.3 is 10.2 Å². The lowest BCUT2D eigenvalue weighted by Gasteiger charge is -2.26. The van der Waals surface area contributed by atoms with Crippen LogP contribution in [0, 0.1) is 11.7 Å². The summed E-state index contributed by atoms with van der Waals surface area (Å²) in [6.07, 6.45) is 5.69. The number of carbonyl (C=O) groups is 2. The number of carbonyl (C=O) groups excluding carboxylic acids is 2. The molecule has 0 spiro atoms. The molecule has 1 atom stereocenters. The third kappa shape index (κ3) is 4.27. The van der Waals surface area contributed by atoms with Crippen LogP contribution >= 0.6 is 11.3 Å². The van der Waals surface area contributed by atoms with Gasteiger partial charge in [-0.05, 0) is 67.9 Å². The topological polar surface area (TPSA) is 49.4 Å². The van der Waals surface area contributed by atoms with Crippen LogP contribution in [0.2, 0.25) is 0 Å². The fourth-order valence-electron chi connectivity index (χ4n) is 4.09. The van der Waals surface area contributed by atoms with Crippen LogP contribution in [0.3, 0.4) is 0 Å². The second-order valence-corrected chi connectivity index (χ2v) is 8.84. The van der Waals surface area contributed by atoms with Crippen LogP contribution < -0.4 is 5.32 Å². The Hall–Kier alpha value is -2.21. The molecule has 6 heteroatoms. The summed E-state index contributed by atoms with van der Waals surface area (Å²) < 4.78 is 13.3. The Balaban J connectivity index is 1.37. The van der Waals surface area contributed by atoms with E-state index in [1.807, 2.05) is 11.0 Å². The minimum absolute atomic E-state index is 0.00465. The summed E-state index contributed by atoms with van der Waals surface area (Å²) in [5.41, 5.74) is 1.90. The molecule has 0 saturated carbocycles. The largest absolute Gasteiger partial charge is 0.352 e. The monoisotopic (exact) mass is 400 g/mol. The number of likely N-dealkylation sites (tertiary alicyclic amines) is 1. The molecular formula is C22H25FN2O2S. The summed E-state index contributed by atoms with van der Waals surface area (Å²) in [7, 11) is 0. The number of hydrogen-bond acceptors (Lipinski definition) is 3. The average Bonchev–Trinajstić information content (AvgIpc) is 3.15. The van der Waals surface area contributed by atoms with Gasteiger partial charge in [-0.1, -0.05) is 12.1 Å². The molecule has 2 amide bonds. The summed E-state index contributed by atoms with van der Waals surface area (Å²) in [4.78, 5) is 29.3. The van der Waals surface area contributed by atoms with E-state index in [-0.39, 0.29) is 23.5 Å². The Morgan fingerprint density at radius 1 is 1.18 bits per heavy atom. The summed E-state index contributed by atoms with van der Waals surface area (Å²) in [5.74, 6) is -0.233. The SMILES string of the molecule is O=C(NCc1cccc(F)c1)[C@H]1CCc2sc(C(=O)N3CCCCC3)cc2C1. The van der Waals surface area contributed by atoms with Crippen molar-refractivity contribution in [3.63, 3.8) is 0 Å². The van der Waals surface area contributed by atoms with Gasteiger partial charge in [-0.3, -0.25) is 9.59 Å². The molecular weight excluding hydrogens is 375 g/mol. The molecule has 1 aromatic heterocycles. The van der Waals surface area contributed by atoms with Crippen LogP contribution in [0.5, 0.6) is 0 Å². The van der Waals surface area contributed by atoms with E-state index in [1.54, 1.807) is 23.5 Å². The Morgan fingerprint density at radius 3 is 2.79 bits per heavy atom. The number of benzene rings is 1. The molecule has 1 N–H and O–H groups in total. The van der Waals surface area contributed by atoms with E-state index < -0.39 is 0 Å². The first-order valence-electron chi connectivity index (χ1n) is 10.0. The van der Waals surface area contributed by atoms with E-state index in [4.69, 9.17) is 0 Å². The van der Waals surface area contributed by atoms with Gasteiger partial charge in [-0.2, -0.15) is 0 Å². The molecule has 0 unspecified atom stereocenters. The maximum Gasteiger partial charge on any atom is 0.263 e. The van der Waals surface area contributed by atoms with Crippen LogP contribution in [0.25, 0.3) is 0 Å². The Morgan fingerprint density at radius 2 is 2.00 bits per heavy atom. The fourth-order valence-corrected chi connectivity index (χ4v) is 5.26. The molecule has 1 saturated heterocycles. The summed E-state index contributed by atoms with van der Waals surface area (Å²) in [6.45, 7) is 2.04. The quantitative estimate of drug-likeness (QED) is 0.845. The number of rotatable bonds is 4. The second-order valence-electron chi connectivity index (χ2n) is 7.70. The van der Waals surface area contributed by atoms with Crippen molar-refractivity contribution in [3.8, 4) is 0 Å². The summed E-state index contributed by atoms with van der Waals surface area (Å²) >= 11 is 1.60. The molecule has 4 nitrogen and oxygen atoms in total. The van der Waals surface area contributed by atoms with Gasteiger partial charge in [0.05, 0.1) is 4.88 Å². The Labute approximate surface area is 168 Å². The maximum absolute atomic E-state index is 13.3. The van der Waals surface area contributed by atoms with Crippen molar-refractivity contribution in [3.05, 3.63) is 57.0 Å². The summed E-state index contributed by atoms with van der Waals surface area (Å²) in [5, 5.41) is 2.93. The van der Waals surface area contributed by atoms with E-state index in [1.165, 1.54) is 23.4 Å². The number of nitrogens with zero attached hydrogens (tertiary/aromatic N) is 1. The molecule has 1 aliphatic heterocycles. The zero-order chi connectivity index (χ0) is 19.5. The number of thiophene rings is 1. The lowest BCUT2D eigenvalue weighted by molar-refractivity contribution is -0.125. The van der Waals surface area contributed by atoms with Gasteiger partial charge in [-0.15, -0.1) is 11.3 Å². The van der Waals surface area contributed by atoms with Crippen molar-refractivity contribution in [2.45, 2.75) is 45.1 Å². The van der Waals surface area contributed by atoms with Gasteiger partial charge in [0.25, 0.3) is 5.91 Å². The van der Waals surface area contributed by atoms with E-state index >= 15 is 0 Å². The minimum Gasteiger partial charge on any atom is -0.352 e. The molecule has 2 aliphatic rings. The Bertz CT molecular complexity index is 873. The highest BCUT2D eigenvalue weighted by molar-refractivity contribution is 7.14. The fraction of sp³-hybridized carbons (Fsp3) is 0.455. The van der Waals surface area contributed by atoms with Gasteiger partial charge in [-0.25, -0.2) is 4.39 Å². The third-order valence-electron chi connectivity index (χ3n) is 5.66. The minimum atomic E-state index is -0.293. The van der Waals surface area contributed by atoms with E-state index in [0.717, 1.165) is 54.8 Å². The standard InChI is InChI=1S/C22H25FN2O2S/c23-18-6-4-5-15(11-18)14-24-21(26)16-7-8-19-17(12-16)13-20(28-19)22(27)25-9-2-1-3-10-25/h4-6,11,13,16H,1-3,7-10,12,14H2,(H,24,26)/t16-/m0/s1. The number of nitrogens with one attached hydrogen (secondary N) is 1. The molecule has 1 aliphatic carbocycles. The highest BCUT2D eigenvalue weighted by atomic mass is 32.1.